The lowest BCUT2D eigenvalue weighted by Crippen LogP contribution is -2.41. The summed E-state index contributed by atoms with van der Waals surface area (Å²) in [6.45, 7) is 2.82. The summed E-state index contributed by atoms with van der Waals surface area (Å²) in [5, 5.41) is 9.01. The van der Waals surface area contributed by atoms with Gasteiger partial charge in [-0.3, -0.25) is 4.79 Å². The first-order valence-electron chi connectivity index (χ1n) is 6.09. The third-order valence-electron chi connectivity index (χ3n) is 2.99. The third-order valence-corrected chi connectivity index (χ3v) is 4.14. The van der Waals surface area contributed by atoms with Crippen molar-refractivity contribution in [2.75, 3.05) is 24.6 Å². The second-order valence-electron chi connectivity index (χ2n) is 4.31. The number of anilines is 1. The number of fused-ring (bicyclic) bond motifs is 1. The summed E-state index contributed by atoms with van der Waals surface area (Å²) < 4.78 is 0. The van der Waals surface area contributed by atoms with Gasteiger partial charge in [-0.2, -0.15) is 0 Å². The summed E-state index contributed by atoms with van der Waals surface area (Å²) in [7, 11) is 0. The minimum Gasteiger partial charge on any atom is -0.395 e. The van der Waals surface area contributed by atoms with Crippen molar-refractivity contribution < 1.29 is 9.90 Å². The number of benzene rings is 1. The van der Waals surface area contributed by atoms with Crippen LogP contribution < -0.4 is 10.6 Å². The van der Waals surface area contributed by atoms with E-state index >= 15 is 0 Å². The minimum absolute atomic E-state index is 0.0241. The van der Waals surface area contributed by atoms with Crippen LogP contribution in [0.5, 0.6) is 0 Å². The molecule has 1 heterocycles. The fraction of sp³-hybridized carbons (Fsp3) is 0.462. The van der Waals surface area contributed by atoms with Gasteiger partial charge in [0, 0.05) is 11.4 Å². The van der Waals surface area contributed by atoms with Gasteiger partial charge in [-0.25, -0.2) is 0 Å². The van der Waals surface area contributed by atoms with Crippen LogP contribution >= 0.6 is 11.8 Å². The lowest BCUT2D eigenvalue weighted by Gasteiger charge is -2.32. The van der Waals surface area contributed by atoms with Crippen molar-refractivity contribution in [1.82, 2.24) is 0 Å². The van der Waals surface area contributed by atoms with Crippen molar-refractivity contribution in [2.45, 2.75) is 23.5 Å². The molecule has 0 radical (unpaired) electrons. The van der Waals surface area contributed by atoms with Gasteiger partial charge in [-0.1, -0.05) is 6.07 Å². The van der Waals surface area contributed by atoms with E-state index in [0.717, 1.165) is 22.6 Å². The van der Waals surface area contributed by atoms with E-state index in [0.29, 0.717) is 13.1 Å². The van der Waals surface area contributed by atoms with Crippen molar-refractivity contribution in [2.24, 2.45) is 5.73 Å². The lowest BCUT2D eigenvalue weighted by molar-refractivity contribution is -0.118. The number of nitrogens with two attached hydrogens (primary N) is 1. The predicted octanol–water partition coefficient (Wildman–Crippen LogP) is 1.01. The molecule has 1 aliphatic rings. The quantitative estimate of drug-likeness (QED) is 0.853. The van der Waals surface area contributed by atoms with Crippen LogP contribution in [0.3, 0.4) is 0 Å². The molecule has 0 spiro atoms. The molecule has 18 heavy (non-hydrogen) atoms. The summed E-state index contributed by atoms with van der Waals surface area (Å²) >= 11 is 1.57. The van der Waals surface area contributed by atoms with Crippen LogP contribution in [0.1, 0.15) is 12.5 Å². The maximum absolute atomic E-state index is 12.1. The maximum Gasteiger partial charge on any atom is 0.240 e. The Labute approximate surface area is 111 Å². The van der Waals surface area contributed by atoms with Gasteiger partial charge in [-0.05, 0) is 37.6 Å². The highest BCUT2D eigenvalue weighted by molar-refractivity contribution is 8.00. The first kappa shape index (κ1) is 13.4. The first-order valence-corrected chi connectivity index (χ1v) is 6.97. The SMILES string of the molecule is CC1Sc2ccc(CCN)cc2N(CCO)C1=O. The number of hydrogen-bond acceptors (Lipinski definition) is 4. The molecule has 3 N–H and O–H groups in total. The number of hydrogen-bond donors (Lipinski definition) is 2. The number of amides is 1. The summed E-state index contributed by atoms with van der Waals surface area (Å²) in [5.74, 6) is 0.0615. The van der Waals surface area contributed by atoms with Crippen LogP contribution in [0.15, 0.2) is 23.1 Å². The van der Waals surface area contributed by atoms with E-state index < -0.39 is 0 Å². The fourth-order valence-corrected chi connectivity index (χ4v) is 3.15. The highest BCUT2D eigenvalue weighted by Crippen LogP contribution is 2.39. The van der Waals surface area contributed by atoms with Gasteiger partial charge in [0.1, 0.15) is 0 Å². The Morgan fingerprint density at radius 3 is 2.94 bits per heavy atom. The number of carbonyl (C=O) groups is 1. The van der Waals surface area contributed by atoms with Crippen LogP contribution in [-0.4, -0.2) is 36.0 Å². The molecule has 1 unspecified atom stereocenters. The van der Waals surface area contributed by atoms with Gasteiger partial charge in [0.05, 0.1) is 17.5 Å². The monoisotopic (exact) mass is 266 g/mol. The molecule has 98 valence electrons. The van der Waals surface area contributed by atoms with E-state index in [9.17, 15) is 4.79 Å². The highest BCUT2D eigenvalue weighted by Gasteiger charge is 2.30. The second kappa shape index (κ2) is 5.73. The second-order valence-corrected chi connectivity index (χ2v) is 5.70. The smallest absolute Gasteiger partial charge is 0.240 e. The number of β-amino-alcohol motifs (C(OH)–C–C–N with tert-alkyl or cyclic N) is 1. The zero-order valence-electron chi connectivity index (χ0n) is 10.4. The van der Waals surface area contributed by atoms with Crippen molar-refractivity contribution in [3.05, 3.63) is 23.8 Å². The predicted molar refractivity (Wildman–Crippen MR) is 74.0 cm³/mol. The molecule has 0 aromatic heterocycles. The third kappa shape index (κ3) is 2.53. The number of carbonyl (C=O) groups excluding carboxylic acids is 1. The van der Waals surface area contributed by atoms with Crippen LogP contribution in [-0.2, 0) is 11.2 Å². The van der Waals surface area contributed by atoms with Crippen molar-refractivity contribution in [3.63, 3.8) is 0 Å². The largest absolute Gasteiger partial charge is 0.395 e. The average molecular weight is 266 g/mol. The van der Waals surface area contributed by atoms with E-state index in [4.69, 9.17) is 10.8 Å². The number of thioether (sulfide) groups is 1. The van der Waals surface area contributed by atoms with Crippen LogP contribution in [0.2, 0.25) is 0 Å². The van der Waals surface area contributed by atoms with E-state index in [1.165, 1.54) is 0 Å². The van der Waals surface area contributed by atoms with Crippen LogP contribution in [0, 0.1) is 0 Å². The topological polar surface area (TPSA) is 66.6 Å². The molecule has 5 heteroatoms. The van der Waals surface area contributed by atoms with Crippen LogP contribution in [0.25, 0.3) is 0 Å². The number of rotatable bonds is 4. The van der Waals surface area contributed by atoms with Gasteiger partial charge >= 0.3 is 0 Å². The molecule has 0 saturated heterocycles. The Morgan fingerprint density at radius 2 is 2.28 bits per heavy atom. The van der Waals surface area contributed by atoms with Gasteiger partial charge in [0.2, 0.25) is 5.91 Å². The first-order chi connectivity index (χ1) is 8.67. The Morgan fingerprint density at radius 1 is 1.50 bits per heavy atom. The summed E-state index contributed by atoms with van der Waals surface area (Å²) in [5.41, 5.74) is 7.59. The molecular formula is C13H18N2O2S. The standard InChI is InChI=1S/C13H18N2O2S/c1-9-13(17)15(6-7-16)11-8-10(4-5-14)2-3-12(11)18-9/h2-3,8-9,16H,4-7,14H2,1H3. The number of nitrogens with zero attached hydrogens (tertiary/aromatic N) is 1. The van der Waals surface area contributed by atoms with Crippen molar-refractivity contribution in [3.8, 4) is 0 Å². The Balaban J connectivity index is 2.38. The Kier molecular flexibility index (Phi) is 4.27. The molecule has 4 nitrogen and oxygen atoms in total. The van der Waals surface area contributed by atoms with Crippen LogP contribution in [0.4, 0.5) is 5.69 Å². The minimum atomic E-state index is -0.0931. The van der Waals surface area contributed by atoms with E-state index in [1.54, 1.807) is 16.7 Å². The molecular weight excluding hydrogens is 248 g/mol. The van der Waals surface area contributed by atoms with Crippen molar-refractivity contribution >= 4 is 23.4 Å². The summed E-state index contributed by atoms with van der Waals surface area (Å²) in [6, 6.07) is 6.10. The molecule has 1 aromatic rings. The summed E-state index contributed by atoms with van der Waals surface area (Å²) in [6.07, 6.45) is 0.800. The van der Waals surface area contributed by atoms with E-state index in [1.807, 2.05) is 19.1 Å². The Bertz CT molecular complexity index is 451. The highest BCUT2D eigenvalue weighted by atomic mass is 32.2. The molecule has 1 atom stereocenters. The molecule has 1 aromatic carbocycles. The van der Waals surface area contributed by atoms with Crippen molar-refractivity contribution in [1.29, 1.82) is 0 Å². The Hall–Kier alpha value is -1.04. The number of aliphatic hydroxyl groups is 1. The summed E-state index contributed by atoms with van der Waals surface area (Å²) in [4.78, 5) is 14.9. The van der Waals surface area contributed by atoms with Gasteiger partial charge in [0.15, 0.2) is 0 Å². The molecule has 0 saturated carbocycles. The fourth-order valence-electron chi connectivity index (χ4n) is 2.11. The molecule has 0 fully saturated rings. The zero-order chi connectivity index (χ0) is 13.1. The lowest BCUT2D eigenvalue weighted by atomic mass is 10.1. The van der Waals surface area contributed by atoms with E-state index in [2.05, 4.69) is 6.07 Å². The molecule has 0 aliphatic carbocycles. The van der Waals surface area contributed by atoms with Gasteiger partial charge in [-0.15, -0.1) is 11.8 Å². The molecule has 1 amide bonds. The number of aliphatic hydroxyl groups excluding tert-OH is 1. The van der Waals surface area contributed by atoms with Gasteiger partial charge < -0.3 is 15.7 Å². The molecule has 0 bridgehead atoms. The van der Waals surface area contributed by atoms with Gasteiger partial charge in [0.25, 0.3) is 0 Å². The maximum atomic E-state index is 12.1. The zero-order valence-corrected chi connectivity index (χ0v) is 11.2. The molecule has 1 aliphatic heterocycles. The normalized spacial score (nSPS) is 18.9. The van der Waals surface area contributed by atoms with E-state index in [-0.39, 0.29) is 17.8 Å². The average Bonchev–Trinajstić information content (AvgIpc) is 2.36. The molecule has 2 rings (SSSR count).